The molecule has 2 amide bonds. The summed E-state index contributed by atoms with van der Waals surface area (Å²) in [5.41, 5.74) is 4.80. The number of carbonyl (C=O) groups excluding carboxylic acids is 3. The molecule has 0 spiro atoms. The Morgan fingerprint density at radius 1 is 0.936 bits per heavy atom. The number of ether oxygens (including phenoxy) is 1. The molecule has 9 heteroatoms. The van der Waals surface area contributed by atoms with Gasteiger partial charge in [-0.3, -0.25) is 9.59 Å². The van der Waals surface area contributed by atoms with E-state index in [2.05, 4.69) is 21.3 Å². The number of amides is 2. The number of carboxylic acids is 1. The third kappa shape index (κ3) is 5.93. The van der Waals surface area contributed by atoms with Crippen molar-refractivity contribution in [1.82, 2.24) is 9.88 Å². The molecule has 2 saturated carbocycles. The fourth-order valence-corrected chi connectivity index (χ4v) is 7.58. The molecule has 2 aliphatic carbocycles. The van der Waals surface area contributed by atoms with E-state index in [-0.39, 0.29) is 18.4 Å². The second kappa shape index (κ2) is 12.5. The molecule has 3 aliphatic rings. The molecule has 47 heavy (non-hydrogen) atoms. The van der Waals surface area contributed by atoms with Crippen LogP contribution >= 0.6 is 0 Å². The first-order valence-corrected chi connectivity index (χ1v) is 16.4. The van der Waals surface area contributed by atoms with Crippen molar-refractivity contribution < 1.29 is 29.0 Å². The Balaban J connectivity index is 1.21. The summed E-state index contributed by atoms with van der Waals surface area (Å²) < 4.78 is 7.81. The van der Waals surface area contributed by atoms with Gasteiger partial charge in [0.1, 0.15) is 17.8 Å². The lowest BCUT2D eigenvalue weighted by Crippen LogP contribution is -2.54. The molecule has 3 aromatic carbocycles. The Kier molecular flexibility index (Phi) is 8.14. The number of anilines is 1. The van der Waals surface area contributed by atoms with Gasteiger partial charge in [0.25, 0.3) is 5.91 Å². The molecular formula is C38H37N3O6. The second-order valence-corrected chi connectivity index (χ2v) is 12.9. The molecule has 0 bridgehead atoms. The van der Waals surface area contributed by atoms with Gasteiger partial charge in [-0.25, -0.2) is 9.59 Å². The topological polar surface area (TPSA) is 127 Å². The Morgan fingerprint density at radius 3 is 2.43 bits per heavy atom. The number of nitrogens with zero attached hydrogens (tertiary/aromatic N) is 1. The molecular weight excluding hydrogens is 594 g/mol. The normalized spacial score (nSPS) is 17.5. The highest BCUT2D eigenvalue weighted by Crippen LogP contribution is 2.46. The smallest absolute Gasteiger partial charge is 0.337 e. The van der Waals surface area contributed by atoms with Gasteiger partial charge in [-0.15, -0.1) is 0 Å². The first-order chi connectivity index (χ1) is 22.8. The summed E-state index contributed by atoms with van der Waals surface area (Å²) >= 11 is 0. The Morgan fingerprint density at radius 2 is 1.68 bits per heavy atom. The van der Waals surface area contributed by atoms with Crippen molar-refractivity contribution in [3.8, 4) is 17.0 Å². The van der Waals surface area contributed by atoms with E-state index in [1.165, 1.54) is 30.9 Å². The summed E-state index contributed by atoms with van der Waals surface area (Å²) in [6.07, 6.45) is 10.7. The molecule has 0 saturated heterocycles. The number of hydrogen-bond acceptors (Lipinski definition) is 5. The lowest BCUT2D eigenvalue weighted by Gasteiger charge is -2.28. The van der Waals surface area contributed by atoms with Crippen molar-refractivity contribution >= 4 is 46.4 Å². The number of aliphatic carboxylic acids is 1. The minimum atomic E-state index is -1.17. The summed E-state index contributed by atoms with van der Waals surface area (Å²) in [6.45, 7) is 0.138. The van der Waals surface area contributed by atoms with E-state index in [1.54, 1.807) is 24.3 Å². The van der Waals surface area contributed by atoms with E-state index in [1.807, 2.05) is 36.4 Å². The maximum Gasteiger partial charge on any atom is 0.337 e. The molecule has 2 fully saturated rings. The van der Waals surface area contributed by atoms with E-state index in [0.717, 1.165) is 59.6 Å². The standard InChI is InChI=1S/C38H37N3O6/c42-32-23-41-31-22-26(15-18-29(31)34(25-8-2-1-3-9-25)35(41)28-10-4-5-11-30(28)39-32)36(45)40-38(20-6-7-21-38)37(46)47-27-16-12-24(13-17-27)14-19-33(43)44/h4-5,10-19,22,25H,1-3,6-9,20-21,23H2,(H,39,42)(H,40,45)(H,43,44)/b19-14+. The Labute approximate surface area is 272 Å². The van der Waals surface area contributed by atoms with Gasteiger partial charge >= 0.3 is 11.9 Å². The van der Waals surface area contributed by atoms with Crippen LogP contribution in [0.15, 0.2) is 72.8 Å². The van der Waals surface area contributed by atoms with Crippen molar-refractivity contribution in [2.75, 3.05) is 5.32 Å². The second-order valence-electron chi connectivity index (χ2n) is 12.9. The number of para-hydroxylation sites is 1. The summed E-state index contributed by atoms with van der Waals surface area (Å²) in [7, 11) is 0. The van der Waals surface area contributed by atoms with Gasteiger partial charge in [0.2, 0.25) is 5.91 Å². The van der Waals surface area contributed by atoms with Gasteiger partial charge in [0, 0.05) is 22.6 Å². The van der Waals surface area contributed by atoms with Crippen LogP contribution in [0.2, 0.25) is 0 Å². The monoisotopic (exact) mass is 631 g/mol. The summed E-state index contributed by atoms with van der Waals surface area (Å²) in [5, 5.41) is 16.0. The molecule has 0 unspecified atom stereocenters. The lowest BCUT2D eigenvalue weighted by atomic mass is 9.81. The number of nitrogens with one attached hydrogen (secondary N) is 2. The number of hydrogen-bond donors (Lipinski definition) is 3. The van der Waals surface area contributed by atoms with E-state index in [0.29, 0.717) is 35.6 Å². The molecule has 0 atom stereocenters. The zero-order valence-electron chi connectivity index (χ0n) is 26.1. The van der Waals surface area contributed by atoms with E-state index >= 15 is 0 Å². The zero-order valence-corrected chi connectivity index (χ0v) is 26.1. The fourth-order valence-electron chi connectivity index (χ4n) is 7.58. The number of esters is 1. The van der Waals surface area contributed by atoms with Gasteiger partial charge in [-0.1, -0.05) is 68.5 Å². The highest BCUT2D eigenvalue weighted by molar-refractivity contribution is 6.06. The number of carbonyl (C=O) groups is 4. The average molecular weight is 632 g/mol. The van der Waals surface area contributed by atoms with Crippen molar-refractivity contribution in [1.29, 1.82) is 0 Å². The van der Waals surface area contributed by atoms with Crippen LogP contribution in [0, 0.1) is 0 Å². The SMILES string of the molecule is O=C(O)/C=C/c1ccc(OC(=O)C2(NC(=O)c3ccc4c(C5CCCCC5)c5n(c4c3)CC(=O)Nc3ccccc3-5)CCCC2)cc1. The molecule has 7 rings (SSSR count). The minimum absolute atomic E-state index is 0.114. The maximum atomic E-state index is 13.9. The summed E-state index contributed by atoms with van der Waals surface area (Å²) in [4.78, 5) is 51.5. The third-order valence-electron chi connectivity index (χ3n) is 9.85. The van der Waals surface area contributed by atoms with Crippen LogP contribution in [-0.2, 0) is 20.9 Å². The van der Waals surface area contributed by atoms with Crippen LogP contribution in [0.5, 0.6) is 5.75 Å². The number of aromatic nitrogens is 1. The van der Waals surface area contributed by atoms with Crippen LogP contribution in [-0.4, -0.2) is 39.0 Å². The maximum absolute atomic E-state index is 13.9. The molecule has 240 valence electrons. The van der Waals surface area contributed by atoms with E-state index in [4.69, 9.17) is 9.84 Å². The lowest BCUT2D eigenvalue weighted by molar-refractivity contribution is -0.141. The van der Waals surface area contributed by atoms with Crippen LogP contribution in [0.25, 0.3) is 28.2 Å². The first-order valence-electron chi connectivity index (χ1n) is 16.4. The van der Waals surface area contributed by atoms with Gasteiger partial charge in [-0.05, 0) is 79.1 Å². The van der Waals surface area contributed by atoms with Crippen LogP contribution in [0.4, 0.5) is 5.69 Å². The van der Waals surface area contributed by atoms with Crippen molar-refractivity contribution in [3.05, 3.63) is 89.5 Å². The molecule has 3 N–H and O–H groups in total. The van der Waals surface area contributed by atoms with E-state index < -0.39 is 17.5 Å². The highest BCUT2D eigenvalue weighted by Gasteiger charge is 2.44. The molecule has 2 heterocycles. The Hall–Kier alpha value is -5.18. The predicted molar refractivity (Wildman–Crippen MR) is 179 cm³/mol. The minimum Gasteiger partial charge on any atom is -0.478 e. The van der Waals surface area contributed by atoms with Crippen LogP contribution in [0.3, 0.4) is 0 Å². The summed E-state index contributed by atoms with van der Waals surface area (Å²) in [6, 6.07) is 20.2. The fraction of sp³-hybridized carbons (Fsp3) is 0.316. The molecule has 1 aromatic heterocycles. The number of fused-ring (bicyclic) bond motifs is 5. The van der Waals surface area contributed by atoms with Crippen molar-refractivity contribution in [2.24, 2.45) is 0 Å². The zero-order chi connectivity index (χ0) is 32.5. The van der Waals surface area contributed by atoms with E-state index in [9.17, 15) is 19.2 Å². The van der Waals surface area contributed by atoms with Crippen molar-refractivity contribution in [2.45, 2.75) is 75.8 Å². The largest absolute Gasteiger partial charge is 0.478 e. The van der Waals surface area contributed by atoms with Gasteiger partial charge in [0.05, 0.1) is 16.9 Å². The average Bonchev–Trinajstić information content (AvgIpc) is 3.64. The summed E-state index contributed by atoms with van der Waals surface area (Å²) in [5.74, 6) is -1.38. The van der Waals surface area contributed by atoms with Gasteiger partial charge in [-0.2, -0.15) is 0 Å². The van der Waals surface area contributed by atoms with Gasteiger partial charge < -0.3 is 25.0 Å². The first kappa shape index (κ1) is 30.5. The number of benzene rings is 3. The molecule has 4 aromatic rings. The van der Waals surface area contributed by atoms with Gasteiger partial charge in [0.15, 0.2) is 0 Å². The van der Waals surface area contributed by atoms with Crippen LogP contribution < -0.4 is 15.4 Å². The number of rotatable bonds is 7. The predicted octanol–water partition coefficient (Wildman–Crippen LogP) is 7.05. The van der Waals surface area contributed by atoms with Crippen molar-refractivity contribution in [3.63, 3.8) is 0 Å². The number of carboxylic acid groups (broad SMARTS) is 1. The quantitative estimate of drug-likeness (QED) is 0.114. The van der Waals surface area contributed by atoms with Crippen LogP contribution in [0.1, 0.15) is 85.2 Å². The molecule has 0 radical (unpaired) electrons. The molecule has 9 nitrogen and oxygen atoms in total. The highest BCUT2D eigenvalue weighted by atomic mass is 16.5. The third-order valence-corrected chi connectivity index (χ3v) is 9.85. The molecule has 1 aliphatic heterocycles. The Bertz CT molecular complexity index is 1910.